The Labute approximate surface area is 367 Å². The topological polar surface area (TPSA) is 266 Å². The van der Waals surface area contributed by atoms with Crippen LogP contribution in [0.5, 0.6) is 23.0 Å². The van der Waals surface area contributed by atoms with Crippen LogP contribution in [0.1, 0.15) is 65.9 Å². The summed E-state index contributed by atoms with van der Waals surface area (Å²) in [5, 5.41) is 52.5. The fourth-order valence-electron chi connectivity index (χ4n) is 5.99. The summed E-state index contributed by atoms with van der Waals surface area (Å²) < 4.78 is 48.9. The third-order valence-corrected chi connectivity index (χ3v) is 9.36. The second-order valence-electron chi connectivity index (χ2n) is 13.7. The van der Waals surface area contributed by atoms with E-state index in [4.69, 9.17) is 9.47 Å². The Kier molecular flexibility index (Phi) is 14.8. The molecule has 65 heavy (non-hydrogen) atoms. The van der Waals surface area contributed by atoms with Gasteiger partial charge in [-0.3, -0.25) is 24.0 Å². The summed E-state index contributed by atoms with van der Waals surface area (Å²) in [7, 11) is 2.32. The van der Waals surface area contributed by atoms with Crippen LogP contribution in [0.3, 0.4) is 0 Å². The number of carbonyl (C=O) groups is 6. The number of aromatic hydroxyl groups is 2. The fraction of sp³-hybridized carbons (Fsp3) is 0.133. The van der Waals surface area contributed by atoms with Crippen molar-refractivity contribution in [1.82, 2.24) is 5.32 Å². The molecule has 1 atom stereocenters. The Hall–Kier alpha value is -8.86. The first-order chi connectivity index (χ1) is 30.8. The summed E-state index contributed by atoms with van der Waals surface area (Å²) >= 11 is 0. The quantitative estimate of drug-likeness (QED) is 0.0493. The molecule has 0 fully saturated rings. The first-order valence-corrected chi connectivity index (χ1v) is 18.9. The molecule has 5 aromatic rings. The molecule has 0 unspecified atom stereocenters. The minimum atomic E-state index is -4.49. The van der Waals surface area contributed by atoms with Crippen LogP contribution in [0.2, 0.25) is 0 Å². The highest BCUT2D eigenvalue weighted by atomic mass is 19.4. The normalized spacial score (nSPS) is 11.6. The van der Waals surface area contributed by atoms with Crippen molar-refractivity contribution in [2.75, 3.05) is 35.5 Å². The minimum absolute atomic E-state index is 0.0403. The van der Waals surface area contributed by atoms with Crippen LogP contribution in [0.15, 0.2) is 103 Å². The summed E-state index contributed by atoms with van der Waals surface area (Å²) in [5.41, 5.74) is -0.551. The Bertz CT molecular complexity index is 2730. The second-order valence-corrected chi connectivity index (χ2v) is 13.7. The van der Waals surface area contributed by atoms with Gasteiger partial charge in [-0.2, -0.15) is 18.4 Å². The summed E-state index contributed by atoms with van der Waals surface area (Å²) in [6.07, 6.45) is -3.50. The zero-order valence-electron chi connectivity index (χ0n) is 34.3. The maximum absolute atomic E-state index is 13.2. The third-order valence-electron chi connectivity index (χ3n) is 9.36. The molecule has 17 nitrogen and oxygen atoms in total. The predicted octanol–water partition coefficient (Wildman–Crippen LogP) is 7.03. The first-order valence-electron chi connectivity index (χ1n) is 18.9. The van der Waals surface area contributed by atoms with Crippen molar-refractivity contribution in [3.63, 3.8) is 0 Å². The number of phenolic OH excluding ortho intramolecular Hbond substituents is 1. The number of carboxylic acid groups (broad SMARTS) is 1. The molecule has 0 aliphatic heterocycles. The number of carbonyl (C=O) groups excluding carboxylic acids is 5. The smallest absolute Gasteiger partial charge is 0.416 e. The van der Waals surface area contributed by atoms with Crippen LogP contribution >= 0.6 is 0 Å². The molecule has 0 aliphatic rings. The number of rotatable bonds is 15. The van der Waals surface area contributed by atoms with Crippen molar-refractivity contribution in [2.45, 2.75) is 25.6 Å². The molecule has 5 rings (SSSR count). The van der Waals surface area contributed by atoms with E-state index >= 15 is 0 Å². The molecule has 0 heterocycles. The van der Waals surface area contributed by atoms with Gasteiger partial charge in [0.05, 0.1) is 49.2 Å². The Balaban J connectivity index is 1.17. The number of hydrogen-bond acceptors (Lipinski definition) is 11. The predicted molar refractivity (Wildman–Crippen MR) is 229 cm³/mol. The van der Waals surface area contributed by atoms with Gasteiger partial charge in [0.25, 0.3) is 23.6 Å². The van der Waals surface area contributed by atoms with Crippen LogP contribution in [0, 0.1) is 11.3 Å². The van der Waals surface area contributed by atoms with Crippen LogP contribution in [0.25, 0.3) is 6.08 Å². The maximum atomic E-state index is 13.2. The molecular formula is C45H37F3N6O11. The van der Waals surface area contributed by atoms with Crippen molar-refractivity contribution < 1.29 is 66.7 Å². The van der Waals surface area contributed by atoms with Crippen molar-refractivity contribution in [1.29, 1.82) is 5.26 Å². The highest BCUT2D eigenvalue weighted by molar-refractivity contribution is 6.11. The minimum Gasteiger partial charge on any atom is -0.504 e. The maximum Gasteiger partial charge on any atom is 0.416 e. The Morgan fingerprint density at radius 3 is 1.68 bits per heavy atom. The molecule has 20 heteroatoms. The molecular weight excluding hydrogens is 858 g/mol. The van der Waals surface area contributed by atoms with Gasteiger partial charge in [-0.15, -0.1) is 0 Å². The van der Waals surface area contributed by atoms with Crippen LogP contribution in [0.4, 0.5) is 35.9 Å². The molecule has 8 N–H and O–H groups in total. The van der Waals surface area contributed by atoms with Gasteiger partial charge in [-0.25, -0.2) is 4.79 Å². The number of carboxylic acids is 1. The highest BCUT2D eigenvalue weighted by Crippen LogP contribution is 2.40. The van der Waals surface area contributed by atoms with Gasteiger partial charge >= 0.3 is 12.1 Å². The van der Waals surface area contributed by atoms with Crippen LogP contribution in [-0.4, -0.2) is 71.1 Å². The molecule has 0 aliphatic carbocycles. The number of alkyl halides is 3. The number of methoxy groups -OCH3 is 2. The Morgan fingerprint density at radius 1 is 0.677 bits per heavy atom. The van der Waals surface area contributed by atoms with Crippen molar-refractivity contribution in [3.05, 3.63) is 136 Å². The average molecular weight is 895 g/mol. The van der Waals surface area contributed by atoms with Crippen molar-refractivity contribution >= 4 is 64.3 Å². The number of benzene rings is 5. The van der Waals surface area contributed by atoms with Gasteiger partial charge < -0.3 is 51.4 Å². The van der Waals surface area contributed by atoms with E-state index < -0.39 is 76.8 Å². The molecule has 0 saturated heterocycles. The van der Waals surface area contributed by atoms with E-state index in [2.05, 4.69) is 26.6 Å². The fourth-order valence-corrected chi connectivity index (χ4v) is 5.99. The van der Waals surface area contributed by atoms with Gasteiger partial charge in [-0.1, -0.05) is 12.1 Å². The highest BCUT2D eigenvalue weighted by Gasteiger charge is 2.30. The first kappa shape index (κ1) is 47.2. The number of nitriles is 1. The van der Waals surface area contributed by atoms with E-state index in [1.54, 1.807) is 0 Å². The molecule has 0 radical (unpaired) electrons. The number of ether oxygens (including phenoxy) is 2. The van der Waals surface area contributed by atoms with Gasteiger partial charge in [-0.05, 0) is 103 Å². The van der Waals surface area contributed by atoms with E-state index in [9.17, 15) is 62.5 Å². The molecule has 0 bridgehead atoms. The third kappa shape index (κ3) is 11.5. The summed E-state index contributed by atoms with van der Waals surface area (Å²) in [6.45, 7) is 1.48. The largest absolute Gasteiger partial charge is 0.504 e. The van der Waals surface area contributed by atoms with Crippen LogP contribution in [-0.2, 0) is 15.8 Å². The lowest BCUT2D eigenvalue weighted by molar-refractivity contribution is -0.137. The van der Waals surface area contributed by atoms with Gasteiger partial charge in [0, 0.05) is 28.1 Å². The molecule has 334 valence electrons. The number of halogens is 3. The lowest BCUT2D eigenvalue weighted by Crippen LogP contribution is -2.43. The number of nitrogens with one attached hydrogen (secondary N) is 5. The molecule has 0 aromatic heterocycles. The number of hydrogen-bond donors (Lipinski definition) is 8. The zero-order chi connectivity index (χ0) is 47.6. The van der Waals surface area contributed by atoms with Gasteiger partial charge in [0.15, 0.2) is 23.0 Å². The van der Waals surface area contributed by atoms with Gasteiger partial charge in [0.1, 0.15) is 11.6 Å². The standard InChI is InChI=1S/C45H37F3N6O11/c1-23(22-24-4-10-27(11-5-24)45(46,47)48)39(57)50-28-12-6-26(7-13-28)41(59)54-34(20-21-49)43(61)51-29-14-8-25(9-15-29)40(58)52-32-18-16-30(35(55)37(32)64-2)42(60)53-33-19-17-31(44(62)63)36(56)38(33)65-3/h4-19,22,34,55-56H,20H2,1-3H3,(H,50,57)(H,51,61)(H,52,58)(H,53,60)(H,54,59)(H,62,63)/b23-22+/t34-/m0/s1. The van der Waals surface area contributed by atoms with E-state index in [1.807, 2.05) is 6.07 Å². The van der Waals surface area contributed by atoms with Crippen LogP contribution < -0.4 is 36.1 Å². The summed E-state index contributed by atoms with van der Waals surface area (Å²) in [6, 6.07) is 20.5. The summed E-state index contributed by atoms with van der Waals surface area (Å²) in [4.78, 5) is 76.6. The zero-order valence-corrected chi connectivity index (χ0v) is 34.3. The molecule has 5 amide bonds. The van der Waals surface area contributed by atoms with E-state index in [0.29, 0.717) is 11.3 Å². The summed E-state index contributed by atoms with van der Waals surface area (Å²) in [5.74, 6) is -7.10. The van der Waals surface area contributed by atoms with Gasteiger partial charge in [0.2, 0.25) is 5.91 Å². The number of nitrogens with zero attached hydrogens (tertiary/aromatic N) is 1. The second kappa shape index (κ2) is 20.3. The van der Waals surface area contributed by atoms with E-state index in [0.717, 1.165) is 25.3 Å². The lowest BCUT2D eigenvalue weighted by atomic mass is 10.1. The molecule has 0 spiro atoms. The molecule has 5 aromatic carbocycles. The van der Waals surface area contributed by atoms with Crippen molar-refractivity contribution in [2.24, 2.45) is 0 Å². The molecule has 0 saturated carbocycles. The Morgan fingerprint density at radius 2 is 1.17 bits per heavy atom. The van der Waals surface area contributed by atoms with E-state index in [-0.39, 0.29) is 50.8 Å². The average Bonchev–Trinajstić information content (AvgIpc) is 3.26. The monoisotopic (exact) mass is 894 g/mol. The van der Waals surface area contributed by atoms with Crippen molar-refractivity contribution in [3.8, 4) is 29.1 Å². The SMILES string of the molecule is COc1c(NC(=O)c2ccc(NC(=O)c3ccc(NC(=O)[C@H](CC#N)NC(=O)c4ccc(NC(=O)/C(C)=C/c5ccc(C(F)(F)F)cc5)cc4)cc3)c(OC)c2O)ccc(C(=O)O)c1O. The van der Waals surface area contributed by atoms with E-state index in [1.165, 1.54) is 99.0 Å². The number of anilines is 4. The lowest BCUT2D eigenvalue weighted by Gasteiger charge is -2.17. The number of amides is 5. The number of phenols is 2. The number of aromatic carboxylic acids is 1.